The summed E-state index contributed by atoms with van der Waals surface area (Å²) in [6, 6.07) is 7.86. The third-order valence-corrected chi connectivity index (χ3v) is 4.03. The molecular weight excluding hydrogens is 379 g/mol. The predicted octanol–water partition coefficient (Wildman–Crippen LogP) is 3.03. The summed E-state index contributed by atoms with van der Waals surface area (Å²) < 4.78 is 47.6. The Bertz CT molecular complexity index is 850. The predicted molar refractivity (Wildman–Crippen MR) is 90.3 cm³/mol. The van der Waals surface area contributed by atoms with Crippen LogP contribution in [-0.4, -0.2) is 36.9 Å². The first-order valence-corrected chi connectivity index (χ1v) is 7.98. The van der Waals surface area contributed by atoms with E-state index in [0.717, 1.165) is 38.5 Å². The fraction of sp³-hybridized carbons (Fsp3) is 0.263. The highest BCUT2D eigenvalue weighted by Crippen LogP contribution is 2.32. The van der Waals surface area contributed by atoms with Crippen molar-refractivity contribution in [2.75, 3.05) is 14.2 Å². The Morgan fingerprint density at radius 3 is 2.00 bits per heavy atom. The SMILES string of the molecule is COC(=O)C(C(=O)c1ccc(C(F)(F)F)cc1)C(C(=O)OC)c1ccccn1. The van der Waals surface area contributed by atoms with Crippen LogP contribution in [0.4, 0.5) is 13.2 Å². The van der Waals surface area contributed by atoms with Gasteiger partial charge in [0.15, 0.2) is 5.78 Å². The van der Waals surface area contributed by atoms with Crippen molar-refractivity contribution in [2.45, 2.75) is 12.1 Å². The van der Waals surface area contributed by atoms with E-state index in [0.29, 0.717) is 0 Å². The molecule has 148 valence electrons. The Hall–Kier alpha value is -3.23. The van der Waals surface area contributed by atoms with Crippen molar-refractivity contribution in [1.29, 1.82) is 0 Å². The molecule has 9 heteroatoms. The molecule has 2 unspecified atom stereocenters. The van der Waals surface area contributed by atoms with Crippen LogP contribution in [0.2, 0.25) is 0 Å². The molecule has 0 amide bonds. The van der Waals surface area contributed by atoms with Crippen molar-refractivity contribution >= 4 is 17.7 Å². The number of rotatable bonds is 6. The molecule has 2 aromatic rings. The second-order valence-corrected chi connectivity index (χ2v) is 5.70. The molecule has 0 radical (unpaired) electrons. The van der Waals surface area contributed by atoms with Gasteiger partial charge in [-0.15, -0.1) is 0 Å². The molecule has 1 heterocycles. The van der Waals surface area contributed by atoms with Gasteiger partial charge in [-0.1, -0.05) is 18.2 Å². The van der Waals surface area contributed by atoms with Gasteiger partial charge < -0.3 is 9.47 Å². The van der Waals surface area contributed by atoms with E-state index in [2.05, 4.69) is 9.72 Å². The van der Waals surface area contributed by atoms with Crippen molar-refractivity contribution in [2.24, 2.45) is 5.92 Å². The van der Waals surface area contributed by atoms with Crippen LogP contribution >= 0.6 is 0 Å². The van der Waals surface area contributed by atoms with Crippen molar-refractivity contribution in [3.63, 3.8) is 0 Å². The molecule has 0 bridgehead atoms. The molecule has 2 rings (SSSR count). The zero-order valence-corrected chi connectivity index (χ0v) is 14.9. The number of halogens is 3. The standard InChI is InChI=1S/C19H16F3NO5/c1-27-17(25)14(13-5-3-4-10-23-13)15(18(26)28-2)16(24)11-6-8-12(9-7-11)19(20,21)22/h3-10,14-15H,1-2H3. The number of ketones is 1. The van der Waals surface area contributed by atoms with E-state index in [1.165, 1.54) is 12.3 Å². The van der Waals surface area contributed by atoms with E-state index >= 15 is 0 Å². The summed E-state index contributed by atoms with van der Waals surface area (Å²) in [4.78, 5) is 41.6. The fourth-order valence-electron chi connectivity index (χ4n) is 2.64. The molecule has 0 aliphatic carbocycles. The van der Waals surface area contributed by atoms with Crippen molar-refractivity contribution in [3.05, 3.63) is 65.5 Å². The Morgan fingerprint density at radius 1 is 0.929 bits per heavy atom. The number of carbonyl (C=O) groups excluding carboxylic acids is 3. The number of Topliss-reactive ketones (excluding diaryl/α,β-unsaturated/α-hetero) is 1. The van der Waals surface area contributed by atoms with Gasteiger partial charge in [0.2, 0.25) is 0 Å². The van der Waals surface area contributed by atoms with Crippen LogP contribution in [0.5, 0.6) is 0 Å². The maximum atomic E-state index is 12.9. The topological polar surface area (TPSA) is 82.6 Å². The van der Waals surface area contributed by atoms with Gasteiger partial charge in [0.25, 0.3) is 0 Å². The number of methoxy groups -OCH3 is 2. The third kappa shape index (κ3) is 4.54. The highest BCUT2D eigenvalue weighted by molar-refractivity contribution is 6.11. The maximum Gasteiger partial charge on any atom is 0.416 e. The molecule has 0 aliphatic rings. The number of aromatic nitrogens is 1. The molecule has 6 nitrogen and oxygen atoms in total. The largest absolute Gasteiger partial charge is 0.468 e. The first-order chi connectivity index (χ1) is 13.2. The lowest BCUT2D eigenvalue weighted by Crippen LogP contribution is -2.36. The van der Waals surface area contributed by atoms with Crippen LogP contribution in [0.1, 0.15) is 27.5 Å². The summed E-state index contributed by atoms with van der Waals surface area (Å²) in [5.74, 6) is -5.93. The minimum Gasteiger partial charge on any atom is -0.468 e. The average molecular weight is 395 g/mol. The second kappa shape index (κ2) is 8.64. The Morgan fingerprint density at radius 2 is 1.54 bits per heavy atom. The summed E-state index contributed by atoms with van der Waals surface area (Å²) in [5, 5.41) is 0. The van der Waals surface area contributed by atoms with Crippen LogP contribution in [0, 0.1) is 5.92 Å². The van der Waals surface area contributed by atoms with E-state index in [1.54, 1.807) is 12.1 Å². The Balaban J connectivity index is 2.50. The van der Waals surface area contributed by atoms with Crippen LogP contribution in [0.3, 0.4) is 0 Å². The molecule has 0 aliphatic heterocycles. The molecule has 2 atom stereocenters. The quantitative estimate of drug-likeness (QED) is 0.425. The smallest absolute Gasteiger partial charge is 0.416 e. The number of hydrogen-bond acceptors (Lipinski definition) is 6. The average Bonchev–Trinajstić information content (AvgIpc) is 2.70. The highest BCUT2D eigenvalue weighted by atomic mass is 19.4. The van der Waals surface area contributed by atoms with Crippen molar-refractivity contribution < 1.29 is 37.0 Å². The minimum absolute atomic E-state index is 0.0880. The third-order valence-electron chi connectivity index (χ3n) is 4.03. The molecule has 0 fully saturated rings. The van der Waals surface area contributed by atoms with Crippen LogP contribution < -0.4 is 0 Å². The van der Waals surface area contributed by atoms with Gasteiger partial charge in [-0.05, 0) is 24.3 Å². The normalized spacial score (nSPS) is 13.3. The summed E-state index contributed by atoms with van der Waals surface area (Å²) in [5.41, 5.74) is -1.05. The lowest BCUT2D eigenvalue weighted by atomic mass is 9.83. The van der Waals surface area contributed by atoms with Gasteiger partial charge in [0, 0.05) is 11.8 Å². The summed E-state index contributed by atoms with van der Waals surface area (Å²) in [6.07, 6.45) is -3.21. The molecule has 0 N–H and O–H groups in total. The number of esters is 2. The number of hydrogen-bond donors (Lipinski definition) is 0. The molecular formula is C19H16F3NO5. The summed E-state index contributed by atoms with van der Waals surface area (Å²) >= 11 is 0. The Labute approximate surface area is 158 Å². The maximum absolute atomic E-state index is 12.9. The molecule has 28 heavy (non-hydrogen) atoms. The van der Waals surface area contributed by atoms with Gasteiger partial charge in [-0.25, -0.2) is 0 Å². The lowest BCUT2D eigenvalue weighted by molar-refractivity contribution is -0.152. The van der Waals surface area contributed by atoms with Gasteiger partial charge in [-0.3, -0.25) is 19.4 Å². The number of pyridine rings is 1. The van der Waals surface area contributed by atoms with Crippen LogP contribution in [0.25, 0.3) is 0 Å². The number of carbonyl (C=O) groups is 3. The van der Waals surface area contributed by atoms with Crippen molar-refractivity contribution in [1.82, 2.24) is 4.98 Å². The first kappa shape index (κ1) is 21.1. The number of alkyl halides is 3. The Kier molecular flexibility index (Phi) is 6.50. The summed E-state index contributed by atoms with van der Waals surface area (Å²) in [6.45, 7) is 0. The van der Waals surface area contributed by atoms with Crippen molar-refractivity contribution in [3.8, 4) is 0 Å². The zero-order valence-electron chi connectivity index (χ0n) is 14.9. The fourth-order valence-corrected chi connectivity index (χ4v) is 2.64. The highest BCUT2D eigenvalue weighted by Gasteiger charge is 2.43. The van der Waals surface area contributed by atoms with E-state index in [-0.39, 0.29) is 11.3 Å². The van der Waals surface area contributed by atoms with Gasteiger partial charge in [0.1, 0.15) is 11.8 Å². The second-order valence-electron chi connectivity index (χ2n) is 5.70. The minimum atomic E-state index is -4.58. The number of ether oxygens (including phenoxy) is 2. The number of benzene rings is 1. The van der Waals surface area contributed by atoms with E-state index in [1.807, 2.05) is 0 Å². The van der Waals surface area contributed by atoms with E-state index in [9.17, 15) is 27.6 Å². The number of nitrogens with zero attached hydrogens (tertiary/aromatic N) is 1. The van der Waals surface area contributed by atoms with Gasteiger partial charge >= 0.3 is 18.1 Å². The molecule has 0 saturated carbocycles. The molecule has 0 saturated heterocycles. The van der Waals surface area contributed by atoms with Gasteiger partial charge in [0.05, 0.1) is 25.5 Å². The van der Waals surface area contributed by atoms with Gasteiger partial charge in [-0.2, -0.15) is 13.2 Å². The monoisotopic (exact) mass is 395 g/mol. The molecule has 1 aromatic heterocycles. The zero-order chi connectivity index (χ0) is 20.9. The van der Waals surface area contributed by atoms with Crippen LogP contribution in [0.15, 0.2) is 48.7 Å². The summed E-state index contributed by atoms with van der Waals surface area (Å²) in [7, 11) is 2.11. The molecule has 1 aromatic carbocycles. The van der Waals surface area contributed by atoms with Crippen LogP contribution in [-0.2, 0) is 25.2 Å². The lowest BCUT2D eigenvalue weighted by Gasteiger charge is -2.22. The van der Waals surface area contributed by atoms with E-state index in [4.69, 9.17) is 4.74 Å². The van der Waals surface area contributed by atoms with E-state index < -0.39 is 41.3 Å². The first-order valence-electron chi connectivity index (χ1n) is 7.98. The molecule has 0 spiro atoms.